The largest absolute Gasteiger partial charge is 0.481 e. The van der Waals surface area contributed by atoms with Gasteiger partial charge < -0.3 is 14.8 Å². The zero-order valence-corrected chi connectivity index (χ0v) is 15.1. The zero-order chi connectivity index (χ0) is 19.2. The molecule has 0 radical (unpaired) electrons. The minimum absolute atomic E-state index is 0.0863. The minimum Gasteiger partial charge on any atom is -0.481 e. The number of hydrogen-bond donors (Lipinski definition) is 1. The Balaban J connectivity index is 1.55. The highest BCUT2D eigenvalue weighted by atomic mass is 19.2. The Bertz CT molecular complexity index is 795. The van der Waals surface area contributed by atoms with Crippen molar-refractivity contribution < 1.29 is 23.0 Å². The fraction of sp³-hybridized carbons (Fsp3) is 0.400. The number of aromatic nitrogens is 1. The first-order chi connectivity index (χ1) is 13.0. The van der Waals surface area contributed by atoms with Crippen molar-refractivity contribution >= 4 is 5.91 Å². The fourth-order valence-corrected chi connectivity index (χ4v) is 2.96. The van der Waals surface area contributed by atoms with E-state index in [1.165, 1.54) is 13.0 Å². The number of carbonyl (C=O) groups excluding carboxylic acids is 1. The molecule has 1 amide bonds. The number of ether oxygens (including phenoxy) is 2. The lowest BCUT2D eigenvalue weighted by Gasteiger charge is -2.17. The average Bonchev–Trinajstić information content (AvgIpc) is 3.17. The third-order valence-electron chi connectivity index (χ3n) is 4.46. The number of pyridine rings is 1. The molecule has 0 aliphatic heterocycles. The Morgan fingerprint density at radius 2 is 2.04 bits per heavy atom. The first-order valence-corrected chi connectivity index (χ1v) is 9.03. The van der Waals surface area contributed by atoms with Crippen LogP contribution in [0.2, 0.25) is 0 Å². The Morgan fingerprint density at radius 1 is 1.26 bits per heavy atom. The van der Waals surface area contributed by atoms with E-state index >= 15 is 0 Å². The lowest BCUT2D eigenvalue weighted by atomic mass is 10.2. The van der Waals surface area contributed by atoms with Gasteiger partial charge in [-0.3, -0.25) is 4.79 Å². The molecule has 0 bridgehead atoms. The van der Waals surface area contributed by atoms with E-state index in [4.69, 9.17) is 9.47 Å². The van der Waals surface area contributed by atoms with Crippen molar-refractivity contribution in [3.63, 3.8) is 0 Å². The molecule has 1 aromatic heterocycles. The van der Waals surface area contributed by atoms with Crippen molar-refractivity contribution in [2.45, 2.75) is 51.4 Å². The molecule has 27 heavy (non-hydrogen) atoms. The van der Waals surface area contributed by atoms with Crippen LogP contribution in [0.3, 0.4) is 0 Å². The summed E-state index contributed by atoms with van der Waals surface area (Å²) in [6.45, 7) is 1.77. The van der Waals surface area contributed by atoms with Gasteiger partial charge in [0.15, 0.2) is 17.7 Å². The lowest BCUT2D eigenvalue weighted by Crippen LogP contribution is -2.36. The predicted octanol–water partition coefficient (Wildman–Crippen LogP) is 3.76. The summed E-state index contributed by atoms with van der Waals surface area (Å²) < 4.78 is 37.5. The van der Waals surface area contributed by atoms with E-state index in [0.29, 0.717) is 5.88 Å². The molecule has 1 aromatic carbocycles. The summed E-state index contributed by atoms with van der Waals surface area (Å²) in [4.78, 5) is 16.5. The summed E-state index contributed by atoms with van der Waals surface area (Å²) in [5.41, 5.74) is 0.776. The number of amides is 1. The van der Waals surface area contributed by atoms with E-state index in [1.807, 2.05) is 6.07 Å². The van der Waals surface area contributed by atoms with Crippen LogP contribution in [0.5, 0.6) is 11.6 Å². The number of nitrogens with zero attached hydrogens (tertiary/aromatic N) is 1. The molecule has 1 unspecified atom stereocenters. The standard InChI is InChI=1S/C20H22F2N2O3/c1-13(26-16-8-9-17(21)18(22)11-16)19(25)24-12-14-5-4-10-23-20(14)27-15-6-2-3-7-15/h4-5,8-11,13,15H,2-3,6-7,12H2,1H3,(H,24,25). The van der Waals surface area contributed by atoms with Crippen LogP contribution >= 0.6 is 0 Å². The van der Waals surface area contributed by atoms with Crippen LogP contribution in [-0.2, 0) is 11.3 Å². The summed E-state index contributed by atoms with van der Waals surface area (Å²) >= 11 is 0. The topological polar surface area (TPSA) is 60.5 Å². The molecular formula is C20H22F2N2O3. The molecule has 1 heterocycles. The van der Waals surface area contributed by atoms with E-state index in [-0.39, 0.29) is 24.3 Å². The minimum atomic E-state index is -1.02. The molecule has 7 heteroatoms. The fourth-order valence-electron chi connectivity index (χ4n) is 2.96. The highest BCUT2D eigenvalue weighted by Crippen LogP contribution is 2.25. The SMILES string of the molecule is CC(Oc1ccc(F)c(F)c1)C(=O)NCc1cccnc1OC1CCCC1. The second kappa shape index (κ2) is 8.79. The van der Waals surface area contributed by atoms with Gasteiger partial charge in [-0.2, -0.15) is 0 Å². The summed E-state index contributed by atoms with van der Waals surface area (Å²) in [6.07, 6.45) is 5.30. The average molecular weight is 376 g/mol. The Morgan fingerprint density at radius 3 is 2.78 bits per heavy atom. The molecule has 0 saturated heterocycles. The molecular weight excluding hydrogens is 354 g/mol. The molecule has 3 rings (SSSR count). The van der Waals surface area contributed by atoms with Crippen molar-refractivity contribution in [3.05, 3.63) is 53.7 Å². The predicted molar refractivity (Wildman–Crippen MR) is 95.4 cm³/mol. The van der Waals surface area contributed by atoms with Gasteiger partial charge in [-0.15, -0.1) is 0 Å². The van der Waals surface area contributed by atoms with Crippen LogP contribution in [-0.4, -0.2) is 23.1 Å². The molecule has 2 aromatic rings. The van der Waals surface area contributed by atoms with E-state index in [9.17, 15) is 13.6 Å². The van der Waals surface area contributed by atoms with Gasteiger partial charge in [0.1, 0.15) is 11.9 Å². The number of rotatable bonds is 7. The number of benzene rings is 1. The summed E-state index contributed by atoms with van der Waals surface area (Å²) in [5, 5.41) is 2.76. The van der Waals surface area contributed by atoms with Crippen molar-refractivity contribution in [1.82, 2.24) is 10.3 Å². The van der Waals surface area contributed by atoms with Gasteiger partial charge in [-0.25, -0.2) is 13.8 Å². The zero-order valence-electron chi connectivity index (χ0n) is 15.1. The third-order valence-corrected chi connectivity index (χ3v) is 4.46. The van der Waals surface area contributed by atoms with Crippen molar-refractivity contribution in [3.8, 4) is 11.6 Å². The quantitative estimate of drug-likeness (QED) is 0.799. The van der Waals surface area contributed by atoms with Gasteiger partial charge >= 0.3 is 0 Å². The lowest BCUT2D eigenvalue weighted by molar-refractivity contribution is -0.127. The number of nitrogens with one attached hydrogen (secondary N) is 1. The van der Waals surface area contributed by atoms with Crippen molar-refractivity contribution in [2.75, 3.05) is 0 Å². The second-order valence-corrected chi connectivity index (χ2v) is 6.55. The van der Waals surface area contributed by atoms with Gasteiger partial charge in [0.2, 0.25) is 5.88 Å². The maximum Gasteiger partial charge on any atom is 0.261 e. The molecule has 5 nitrogen and oxygen atoms in total. The van der Waals surface area contributed by atoms with E-state index in [2.05, 4.69) is 10.3 Å². The van der Waals surface area contributed by atoms with E-state index in [0.717, 1.165) is 43.4 Å². The van der Waals surface area contributed by atoms with E-state index < -0.39 is 17.7 Å². The van der Waals surface area contributed by atoms with Gasteiger partial charge in [0, 0.05) is 24.4 Å². The van der Waals surface area contributed by atoms with Gasteiger partial charge in [0.05, 0.1) is 0 Å². The monoisotopic (exact) mass is 376 g/mol. The Kier molecular flexibility index (Phi) is 6.21. The van der Waals surface area contributed by atoms with Crippen LogP contribution in [0.4, 0.5) is 8.78 Å². The second-order valence-electron chi connectivity index (χ2n) is 6.55. The molecule has 1 aliphatic carbocycles. The number of carbonyl (C=O) groups is 1. The molecule has 144 valence electrons. The maximum atomic E-state index is 13.2. The normalized spacial score (nSPS) is 15.4. The number of halogens is 2. The van der Waals surface area contributed by atoms with Crippen LogP contribution in [0.25, 0.3) is 0 Å². The highest BCUT2D eigenvalue weighted by molar-refractivity contribution is 5.80. The van der Waals surface area contributed by atoms with Gasteiger partial charge in [-0.1, -0.05) is 6.07 Å². The first kappa shape index (κ1) is 19.1. The number of hydrogen-bond acceptors (Lipinski definition) is 4. The van der Waals surface area contributed by atoms with Crippen molar-refractivity contribution in [2.24, 2.45) is 0 Å². The van der Waals surface area contributed by atoms with E-state index in [1.54, 1.807) is 12.3 Å². The summed E-state index contributed by atoms with van der Waals surface area (Å²) in [7, 11) is 0. The molecule has 1 atom stereocenters. The van der Waals surface area contributed by atoms with Crippen LogP contribution in [0, 0.1) is 11.6 Å². The van der Waals surface area contributed by atoms with Crippen LogP contribution in [0.15, 0.2) is 36.5 Å². The van der Waals surface area contributed by atoms with Crippen LogP contribution in [0.1, 0.15) is 38.2 Å². The Hall–Kier alpha value is -2.70. The Labute approximate surface area is 156 Å². The first-order valence-electron chi connectivity index (χ1n) is 9.03. The third kappa shape index (κ3) is 5.15. The van der Waals surface area contributed by atoms with Crippen LogP contribution < -0.4 is 14.8 Å². The highest BCUT2D eigenvalue weighted by Gasteiger charge is 2.20. The van der Waals surface area contributed by atoms with Gasteiger partial charge in [-0.05, 0) is 50.8 Å². The molecule has 1 fully saturated rings. The molecule has 1 N–H and O–H groups in total. The maximum absolute atomic E-state index is 13.2. The summed E-state index contributed by atoms with van der Waals surface area (Å²) in [5.74, 6) is -1.76. The molecule has 1 aliphatic rings. The van der Waals surface area contributed by atoms with Gasteiger partial charge in [0.25, 0.3) is 5.91 Å². The van der Waals surface area contributed by atoms with Crippen molar-refractivity contribution in [1.29, 1.82) is 0 Å². The molecule has 0 spiro atoms. The smallest absolute Gasteiger partial charge is 0.261 e. The molecule has 1 saturated carbocycles. The summed E-state index contributed by atoms with van der Waals surface area (Å²) in [6, 6.07) is 6.77.